The topological polar surface area (TPSA) is 16.4 Å². The molecule has 8 aromatic carbocycles. The molecule has 0 radical (unpaired) electrons. The molecule has 0 aliphatic rings. The van der Waals surface area contributed by atoms with Gasteiger partial charge in [0.15, 0.2) is 0 Å². The minimum Gasteiger partial charge on any atom is -0.456 e. The number of hydrogen-bond donors (Lipinski definition) is 0. The first kappa shape index (κ1) is 27.5. The second kappa shape index (κ2) is 10.4. The first-order valence-electron chi connectivity index (χ1n) is 16.6. The van der Waals surface area contributed by atoms with E-state index in [4.69, 9.17) is 4.42 Å². The summed E-state index contributed by atoms with van der Waals surface area (Å²) < 4.78 is 9.21. The van der Waals surface area contributed by atoms with Gasteiger partial charge in [-0.3, -0.25) is 0 Å². The predicted molar refractivity (Wildman–Crippen MR) is 208 cm³/mol. The molecule has 10 aromatic rings. The molecule has 0 saturated heterocycles. The average molecular weight is 634 g/mol. The molecule has 0 aliphatic carbocycles. The van der Waals surface area contributed by atoms with Crippen LogP contribution in [0.5, 0.6) is 0 Å². The number of nitrogens with zero attached hydrogens (tertiary/aromatic N) is 1. The van der Waals surface area contributed by atoms with E-state index in [1.54, 1.807) is 0 Å². The molecule has 0 N–H and O–H groups in total. The van der Waals surface area contributed by atoms with E-state index in [0.717, 1.165) is 39.0 Å². The second-order valence-electron chi connectivity index (χ2n) is 13.1. The summed E-state index contributed by atoms with van der Waals surface area (Å²) in [6.45, 7) is 4.49. The van der Waals surface area contributed by atoms with Gasteiger partial charge in [0.05, 0.1) is 0 Å². The monoisotopic (exact) mass is 633 g/mol. The van der Waals surface area contributed by atoms with E-state index in [2.05, 4.69) is 164 Å². The summed E-state index contributed by atoms with van der Waals surface area (Å²) in [5.74, 6) is 0.470. The summed E-state index contributed by atoms with van der Waals surface area (Å²) in [6.07, 6.45) is 0. The number of benzene rings is 8. The molecule has 0 amide bonds. The van der Waals surface area contributed by atoms with Crippen LogP contribution in [0, 0.1) is 0 Å². The molecule has 0 spiro atoms. The lowest BCUT2D eigenvalue weighted by Gasteiger charge is -2.26. The highest BCUT2D eigenvalue weighted by molar-refractivity contribution is 7.25. The fourth-order valence-electron chi connectivity index (χ4n) is 7.61. The zero-order valence-electron chi connectivity index (χ0n) is 26.7. The zero-order chi connectivity index (χ0) is 31.9. The van der Waals surface area contributed by atoms with Gasteiger partial charge in [0.25, 0.3) is 0 Å². The molecule has 2 heterocycles. The molecule has 2 nitrogen and oxygen atoms in total. The minimum absolute atomic E-state index is 0.470. The van der Waals surface area contributed by atoms with Crippen LogP contribution in [0.2, 0.25) is 0 Å². The standard InChI is InChI=1S/C45H31NOS/c1-27(2)28-15-17-29(18-16-28)46(31-20-22-45-41(24-31)36-13-7-8-14-44(36)48-45)30-19-21-42-39(23-30)40-25-37-34-11-5-3-9-32(34)33-10-4-6-12-35(33)38(37)26-43(40)47-42/h3-27H,1-2H3. The van der Waals surface area contributed by atoms with Crippen LogP contribution in [-0.4, -0.2) is 0 Å². The quantitative estimate of drug-likeness (QED) is 0.179. The van der Waals surface area contributed by atoms with Crippen LogP contribution < -0.4 is 4.90 Å². The molecule has 10 rings (SSSR count). The van der Waals surface area contributed by atoms with Crippen molar-refractivity contribution in [2.45, 2.75) is 19.8 Å². The number of rotatable bonds is 4. The summed E-state index contributed by atoms with van der Waals surface area (Å²) in [5.41, 5.74) is 6.51. The maximum atomic E-state index is 6.59. The Morgan fingerprint density at radius 1 is 0.417 bits per heavy atom. The Morgan fingerprint density at radius 3 is 1.62 bits per heavy atom. The minimum atomic E-state index is 0.470. The van der Waals surface area contributed by atoms with Crippen LogP contribution in [-0.2, 0) is 0 Å². The SMILES string of the molecule is CC(C)c1ccc(N(c2ccc3oc4cc5c6ccccc6c6ccccc6c5cc4c3c2)c2ccc3sc4ccccc4c3c2)cc1. The number of thiophene rings is 1. The molecule has 0 fully saturated rings. The number of anilines is 3. The molecule has 228 valence electrons. The van der Waals surface area contributed by atoms with Crippen molar-refractivity contribution in [3.8, 4) is 0 Å². The lowest BCUT2D eigenvalue weighted by atomic mass is 9.93. The third kappa shape index (κ3) is 4.11. The fraction of sp³-hybridized carbons (Fsp3) is 0.0667. The summed E-state index contributed by atoms with van der Waals surface area (Å²) >= 11 is 1.85. The zero-order valence-corrected chi connectivity index (χ0v) is 27.5. The van der Waals surface area contributed by atoms with Crippen molar-refractivity contribution in [1.29, 1.82) is 0 Å². The largest absolute Gasteiger partial charge is 0.456 e. The van der Waals surface area contributed by atoms with Gasteiger partial charge < -0.3 is 9.32 Å². The van der Waals surface area contributed by atoms with Gasteiger partial charge >= 0.3 is 0 Å². The highest BCUT2D eigenvalue weighted by Crippen LogP contribution is 2.44. The van der Waals surface area contributed by atoms with E-state index in [0.29, 0.717) is 5.92 Å². The normalized spacial score (nSPS) is 12.1. The van der Waals surface area contributed by atoms with Gasteiger partial charge in [-0.2, -0.15) is 0 Å². The van der Waals surface area contributed by atoms with Gasteiger partial charge in [0, 0.05) is 48.0 Å². The van der Waals surface area contributed by atoms with Crippen molar-refractivity contribution in [3.05, 3.63) is 151 Å². The highest BCUT2D eigenvalue weighted by atomic mass is 32.1. The smallest absolute Gasteiger partial charge is 0.136 e. The van der Waals surface area contributed by atoms with Crippen LogP contribution in [0.1, 0.15) is 25.3 Å². The van der Waals surface area contributed by atoms with Crippen LogP contribution in [0.3, 0.4) is 0 Å². The molecule has 0 unspecified atom stereocenters. The fourth-order valence-corrected chi connectivity index (χ4v) is 8.70. The van der Waals surface area contributed by atoms with E-state index < -0.39 is 0 Å². The van der Waals surface area contributed by atoms with Crippen molar-refractivity contribution in [3.63, 3.8) is 0 Å². The van der Waals surface area contributed by atoms with E-state index in [9.17, 15) is 0 Å². The van der Waals surface area contributed by atoms with Crippen LogP contribution in [0.15, 0.2) is 150 Å². The summed E-state index contributed by atoms with van der Waals surface area (Å²) in [7, 11) is 0. The summed E-state index contributed by atoms with van der Waals surface area (Å²) in [5, 5.41) is 12.4. The van der Waals surface area contributed by atoms with E-state index in [1.807, 2.05) is 11.3 Å². The number of hydrogen-bond acceptors (Lipinski definition) is 3. The van der Waals surface area contributed by atoms with E-state index in [-0.39, 0.29) is 0 Å². The van der Waals surface area contributed by atoms with E-state index >= 15 is 0 Å². The molecular weight excluding hydrogens is 603 g/mol. The van der Waals surface area contributed by atoms with Gasteiger partial charge in [-0.1, -0.05) is 92.7 Å². The summed E-state index contributed by atoms with van der Waals surface area (Å²) in [4.78, 5) is 2.39. The maximum absolute atomic E-state index is 6.59. The van der Waals surface area contributed by atoms with Crippen molar-refractivity contribution < 1.29 is 4.42 Å². The average Bonchev–Trinajstić information content (AvgIpc) is 3.69. The Balaban J connectivity index is 1.22. The van der Waals surface area contributed by atoms with Crippen LogP contribution in [0.25, 0.3) is 74.4 Å². The maximum Gasteiger partial charge on any atom is 0.136 e. The molecule has 0 bridgehead atoms. The van der Waals surface area contributed by atoms with Crippen molar-refractivity contribution >= 4 is 103 Å². The molecule has 0 atom stereocenters. The van der Waals surface area contributed by atoms with E-state index in [1.165, 1.54) is 58.1 Å². The predicted octanol–water partition coefficient (Wildman–Crippen LogP) is 14.0. The van der Waals surface area contributed by atoms with Gasteiger partial charge in [0.1, 0.15) is 11.2 Å². The molecule has 2 aromatic heterocycles. The first-order valence-corrected chi connectivity index (χ1v) is 17.4. The molecular formula is C45H31NOS. The Kier molecular flexibility index (Phi) is 5.97. The molecule has 0 aliphatic heterocycles. The number of furan rings is 1. The van der Waals surface area contributed by atoms with Crippen LogP contribution >= 0.6 is 11.3 Å². The third-order valence-electron chi connectivity index (χ3n) is 10.0. The van der Waals surface area contributed by atoms with Crippen molar-refractivity contribution in [2.75, 3.05) is 4.90 Å². The molecule has 3 heteroatoms. The third-order valence-corrected chi connectivity index (χ3v) is 11.2. The van der Waals surface area contributed by atoms with Gasteiger partial charge in [0.2, 0.25) is 0 Å². The first-order chi connectivity index (χ1) is 23.6. The molecule has 48 heavy (non-hydrogen) atoms. The molecule has 0 saturated carbocycles. The Labute approximate surface area is 282 Å². The van der Waals surface area contributed by atoms with Gasteiger partial charge in [-0.25, -0.2) is 0 Å². The Hall–Kier alpha value is -5.64. The second-order valence-corrected chi connectivity index (χ2v) is 14.2. The lowest BCUT2D eigenvalue weighted by Crippen LogP contribution is -2.10. The Bertz CT molecular complexity index is 2870. The van der Waals surface area contributed by atoms with Crippen molar-refractivity contribution in [2.24, 2.45) is 0 Å². The Morgan fingerprint density at radius 2 is 0.938 bits per heavy atom. The van der Waals surface area contributed by atoms with Gasteiger partial charge in [-0.15, -0.1) is 11.3 Å². The van der Waals surface area contributed by atoms with Gasteiger partial charge in [-0.05, 0) is 111 Å². The summed E-state index contributed by atoms with van der Waals surface area (Å²) in [6, 6.07) is 53.4. The lowest BCUT2D eigenvalue weighted by molar-refractivity contribution is 0.669. The number of fused-ring (bicyclic) bond motifs is 12. The van der Waals surface area contributed by atoms with Crippen molar-refractivity contribution in [1.82, 2.24) is 0 Å². The van der Waals surface area contributed by atoms with Crippen LogP contribution in [0.4, 0.5) is 17.1 Å². The highest BCUT2D eigenvalue weighted by Gasteiger charge is 2.19.